The Morgan fingerprint density at radius 1 is 1.13 bits per heavy atom. The SMILES string of the molecule is O=C(CBr)C1=CC2=C(CC1)c1ccc(Br)cc1C(F)(F)C2(F)F. The summed E-state index contributed by atoms with van der Waals surface area (Å²) in [4.78, 5) is 11.7. The first-order chi connectivity index (χ1) is 10.7. The van der Waals surface area contributed by atoms with Crippen LogP contribution in [0.1, 0.15) is 24.0 Å². The van der Waals surface area contributed by atoms with Crippen LogP contribution in [-0.2, 0) is 10.7 Å². The Balaban J connectivity index is 2.28. The molecule has 0 amide bonds. The summed E-state index contributed by atoms with van der Waals surface area (Å²) in [6, 6.07) is 4.00. The highest BCUT2D eigenvalue weighted by Gasteiger charge is 2.63. The monoisotopic (exact) mass is 452 g/mol. The number of hydrogen-bond acceptors (Lipinski definition) is 1. The van der Waals surface area contributed by atoms with E-state index in [1.807, 2.05) is 0 Å². The van der Waals surface area contributed by atoms with Gasteiger partial charge >= 0.3 is 11.8 Å². The zero-order chi connectivity index (χ0) is 17.0. The van der Waals surface area contributed by atoms with Crippen LogP contribution in [0, 0.1) is 0 Å². The van der Waals surface area contributed by atoms with E-state index in [0.29, 0.717) is 4.47 Å². The number of carbonyl (C=O) groups excluding carboxylic acids is 1. The van der Waals surface area contributed by atoms with Gasteiger partial charge in [-0.2, -0.15) is 17.6 Å². The van der Waals surface area contributed by atoms with Gasteiger partial charge < -0.3 is 0 Å². The van der Waals surface area contributed by atoms with Gasteiger partial charge in [-0.1, -0.05) is 37.9 Å². The van der Waals surface area contributed by atoms with Crippen LogP contribution in [0.4, 0.5) is 17.6 Å². The molecule has 0 N–H and O–H groups in total. The highest BCUT2D eigenvalue weighted by molar-refractivity contribution is 9.10. The van der Waals surface area contributed by atoms with Gasteiger partial charge in [-0.3, -0.25) is 4.79 Å². The number of fused-ring (bicyclic) bond motifs is 2. The van der Waals surface area contributed by atoms with E-state index < -0.39 is 23.0 Å². The third-order valence-electron chi connectivity index (χ3n) is 4.15. The van der Waals surface area contributed by atoms with Crippen LogP contribution in [0.25, 0.3) is 5.57 Å². The third-order valence-corrected chi connectivity index (χ3v) is 5.15. The van der Waals surface area contributed by atoms with Crippen molar-refractivity contribution in [2.24, 2.45) is 0 Å². The Kier molecular flexibility index (Phi) is 4.08. The van der Waals surface area contributed by atoms with Crippen LogP contribution in [0.2, 0.25) is 0 Å². The number of hydrogen-bond donors (Lipinski definition) is 0. The van der Waals surface area contributed by atoms with Gasteiger partial charge in [0.25, 0.3) is 0 Å². The number of allylic oxidation sites excluding steroid dienone is 4. The lowest BCUT2D eigenvalue weighted by Gasteiger charge is -2.37. The van der Waals surface area contributed by atoms with E-state index in [2.05, 4.69) is 31.9 Å². The molecule has 2 aliphatic carbocycles. The number of carbonyl (C=O) groups is 1. The van der Waals surface area contributed by atoms with Crippen LogP contribution in [-0.4, -0.2) is 17.0 Å². The van der Waals surface area contributed by atoms with Crippen molar-refractivity contribution in [1.82, 2.24) is 0 Å². The van der Waals surface area contributed by atoms with Crippen molar-refractivity contribution in [3.05, 3.63) is 51.0 Å². The van der Waals surface area contributed by atoms with Crippen LogP contribution in [0.15, 0.2) is 39.9 Å². The van der Waals surface area contributed by atoms with Crippen molar-refractivity contribution in [2.75, 3.05) is 5.33 Å². The molecule has 0 fully saturated rings. The predicted molar refractivity (Wildman–Crippen MR) is 86.0 cm³/mol. The van der Waals surface area contributed by atoms with Crippen molar-refractivity contribution in [2.45, 2.75) is 24.7 Å². The average Bonchev–Trinajstić information content (AvgIpc) is 2.52. The van der Waals surface area contributed by atoms with E-state index in [1.54, 1.807) is 6.07 Å². The second kappa shape index (κ2) is 5.55. The van der Waals surface area contributed by atoms with E-state index in [-0.39, 0.29) is 40.7 Å². The van der Waals surface area contributed by atoms with Gasteiger partial charge in [-0.05, 0) is 47.8 Å². The minimum absolute atomic E-state index is 0.0209. The minimum atomic E-state index is -4.35. The first-order valence-corrected chi connectivity index (χ1v) is 8.71. The Hall–Kier alpha value is -0.950. The smallest absolute Gasteiger partial charge is 0.294 e. The van der Waals surface area contributed by atoms with Crippen LogP contribution in [0.3, 0.4) is 0 Å². The number of rotatable bonds is 2. The standard InChI is InChI=1S/C16H10Br2F4O/c17-7-14(23)8-1-3-10-11-4-2-9(18)6-13(11)16(21,22)15(19,20)12(10)5-8/h2,4-6H,1,3,7H2. The number of Topliss-reactive ketones (excluding diaryl/α,β-unsaturated/α-hetero) is 1. The summed E-state index contributed by atoms with van der Waals surface area (Å²) >= 11 is 6.03. The number of alkyl halides is 5. The molecule has 122 valence electrons. The van der Waals surface area contributed by atoms with Gasteiger partial charge in [0.1, 0.15) is 0 Å². The molecule has 3 rings (SSSR count). The Morgan fingerprint density at radius 3 is 2.48 bits per heavy atom. The Labute approximate surface area is 146 Å². The molecule has 0 spiro atoms. The minimum Gasteiger partial charge on any atom is -0.294 e. The fourth-order valence-electron chi connectivity index (χ4n) is 2.97. The molecule has 0 saturated heterocycles. The molecule has 0 unspecified atom stereocenters. The summed E-state index contributed by atoms with van der Waals surface area (Å²) < 4.78 is 58.1. The zero-order valence-electron chi connectivity index (χ0n) is 11.6. The van der Waals surface area contributed by atoms with Gasteiger partial charge in [0.2, 0.25) is 0 Å². The van der Waals surface area contributed by atoms with Crippen molar-refractivity contribution in [3.63, 3.8) is 0 Å². The van der Waals surface area contributed by atoms with Gasteiger partial charge in [0.15, 0.2) is 5.78 Å². The first-order valence-electron chi connectivity index (χ1n) is 6.79. The molecule has 0 heterocycles. The molecule has 0 saturated carbocycles. The van der Waals surface area contributed by atoms with Gasteiger partial charge in [-0.15, -0.1) is 0 Å². The quantitative estimate of drug-likeness (QED) is 0.419. The van der Waals surface area contributed by atoms with E-state index in [0.717, 1.165) is 12.1 Å². The normalized spacial score (nSPS) is 21.4. The second-order valence-electron chi connectivity index (χ2n) is 5.46. The van der Waals surface area contributed by atoms with E-state index in [4.69, 9.17) is 0 Å². The summed E-state index contributed by atoms with van der Waals surface area (Å²) in [7, 11) is 0. The molecule has 2 aliphatic rings. The van der Waals surface area contributed by atoms with Crippen LogP contribution in [0.5, 0.6) is 0 Å². The van der Waals surface area contributed by atoms with Gasteiger partial charge in [-0.25, -0.2) is 0 Å². The van der Waals surface area contributed by atoms with Crippen molar-refractivity contribution in [3.8, 4) is 0 Å². The maximum absolute atomic E-state index is 14.5. The van der Waals surface area contributed by atoms with Crippen molar-refractivity contribution < 1.29 is 22.4 Å². The topological polar surface area (TPSA) is 17.1 Å². The fraction of sp³-hybridized carbons (Fsp3) is 0.312. The van der Waals surface area contributed by atoms with Crippen molar-refractivity contribution >= 4 is 43.2 Å². The lowest BCUT2D eigenvalue weighted by molar-refractivity contribution is -0.193. The van der Waals surface area contributed by atoms with E-state index in [1.165, 1.54) is 6.07 Å². The molecule has 0 aromatic heterocycles. The molecule has 7 heteroatoms. The molecule has 1 aromatic carbocycles. The molecule has 0 bridgehead atoms. The van der Waals surface area contributed by atoms with Gasteiger partial charge in [0, 0.05) is 15.6 Å². The zero-order valence-corrected chi connectivity index (χ0v) is 14.8. The molecule has 23 heavy (non-hydrogen) atoms. The first kappa shape index (κ1) is 16.9. The summed E-state index contributed by atoms with van der Waals surface area (Å²) in [6.45, 7) is 0. The molecular weight excluding hydrogens is 444 g/mol. The largest absolute Gasteiger partial charge is 0.340 e. The molecule has 1 aromatic rings. The summed E-state index contributed by atoms with van der Waals surface area (Å²) in [6.07, 6.45) is 1.35. The molecular formula is C16H10Br2F4O. The second-order valence-corrected chi connectivity index (χ2v) is 6.93. The van der Waals surface area contributed by atoms with Crippen LogP contribution >= 0.6 is 31.9 Å². The maximum Gasteiger partial charge on any atom is 0.340 e. The van der Waals surface area contributed by atoms with Crippen LogP contribution < -0.4 is 0 Å². The highest BCUT2D eigenvalue weighted by atomic mass is 79.9. The Morgan fingerprint density at radius 2 is 1.83 bits per heavy atom. The van der Waals surface area contributed by atoms with E-state index >= 15 is 0 Å². The number of benzene rings is 1. The lowest BCUT2D eigenvalue weighted by atomic mass is 9.75. The summed E-state index contributed by atoms with van der Waals surface area (Å²) in [5, 5.41) is -0.0209. The van der Waals surface area contributed by atoms with Gasteiger partial charge in [0.05, 0.1) is 5.33 Å². The molecule has 0 aliphatic heterocycles. The summed E-state index contributed by atoms with van der Waals surface area (Å²) in [5.74, 6) is -9.05. The lowest BCUT2D eigenvalue weighted by Crippen LogP contribution is -2.43. The highest BCUT2D eigenvalue weighted by Crippen LogP contribution is 2.57. The molecule has 0 atom stereocenters. The average molecular weight is 454 g/mol. The summed E-state index contributed by atoms with van der Waals surface area (Å²) in [5.41, 5.74) is -0.959. The van der Waals surface area contributed by atoms with Crippen molar-refractivity contribution in [1.29, 1.82) is 0 Å². The van der Waals surface area contributed by atoms with E-state index in [9.17, 15) is 22.4 Å². The molecule has 0 radical (unpaired) electrons. The number of halogens is 6. The maximum atomic E-state index is 14.5. The third kappa shape index (κ3) is 2.43. The number of ketones is 1. The predicted octanol–water partition coefficient (Wildman–Crippen LogP) is 5.63. The molecule has 1 nitrogen and oxygen atoms in total. The Bertz CT molecular complexity index is 765. The fourth-order valence-corrected chi connectivity index (χ4v) is 3.69.